The average Bonchev–Trinajstić information content (AvgIpc) is 2.78. The molecule has 0 unspecified atom stereocenters. The molecule has 0 fully saturated rings. The van der Waals surface area contributed by atoms with E-state index >= 15 is 0 Å². The molecule has 0 spiro atoms. The quantitative estimate of drug-likeness (QED) is 0.758. The van der Waals surface area contributed by atoms with E-state index in [1.807, 2.05) is 30.3 Å². The lowest BCUT2D eigenvalue weighted by molar-refractivity contribution is 0.0602. The molecular formula is C12H11NO2. The lowest BCUT2D eigenvalue weighted by atomic mass is 10.1. The van der Waals surface area contributed by atoms with E-state index in [1.54, 1.807) is 12.4 Å². The van der Waals surface area contributed by atoms with Gasteiger partial charge in [0, 0.05) is 18.0 Å². The van der Waals surface area contributed by atoms with Crippen LogP contribution in [0.5, 0.6) is 0 Å². The van der Waals surface area contributed by atoms with Crippen molar-refractivity contribution < 1.29 is 9.53 Å². The van der Waals surface area contributed by atoms with Crippen molar-refractivity contribution in [3.05, 3.63) is 48.3 Å². The van der Waals surface area contributed by atoms with Gasteiger partial charge in [0.15, 0.2) is 0 Å². The molecule has 0 bridgehead atoms. The number of aromatic nitrogens is 1. The van der Waals surface area contributed by atoms with Crippen molar-refractivity contribution in [2.24, 2.45) is 0 Å². The van der Waals surface area contributed by atoms with Gasteiger partial charge in [0.2, 0.25) is 0 Å². The monoisotopic (exact) mass is 201 g/mol. The molecule has 0 saturated heterocycles. The molecule has 3 heteroatoms. The number of hydrogen-bond acceptors (Lipinski definition) is 2. The molecule has 0 radical (unpaired) electrons. The standard InChI is InChI=1S/C12H11NO2/c1-15-12(14)11-8-13-7-10(11)9-5-3-2-4-6-9/h2-8,13H,1H3. The molecule has 76 valence electrons. The fourth-order valence-corrected chi connectivity index (χ4v) is 1.50. The first-order valence-electron chi connectivity index (χ1n) is 4.63. The van der Waals surface area contributed by atoms with Gasteiger partial charge in [-0.15, -0.1) is 0 Å². The minimum absolute atomic E-state index is 0.324. The second kappa shape index (κ2) is 4.00. The summed E-state index contributed by atoms with van der Waals surface area (Å²) < 4.78 is 4.70. The Kier molecular flexibility index (Phi) is 2.54. The molecule has 1 heterocycles. The maximum Gasteiger partial charge on any atom is 0.340 e. The van der Waals surface area contributed by atoms with Gasteiger partial charge in [-0.05, 0) is 5.56 Å². The molecule has 0 amide bonds. The maximum absolute atomic E-state index is 11.4. The van der Waals surface area contributed by atoms with Crippen LogP contribution < -0.4 is 0 Å². The Bertz CT molecular complexity index is 459. The number of carbonyl (C=O) groups is 1. The van der Waals surface area contributed by atoms with E-state index < -0.39 is 0 Å². The third-order valence-electron chi connectivity index (χ3n) is 2.24. The summed E-state index contributed by atoms with van der Waals surface area (Å²) in [5.74, 6) is -0.324. The molecule has 1 N–H and O–H groups in total. The summed E-state index contributed by atoms with van der Waals surface area (Å²) in [6, 6.07) is 9.71. The molecule has 0 aliphatic rings. The highest BCUT2D eigenvalue weighted by molar-refractivity contribution is 5.97. The number of esters is 1. The molecule has 0 aliphatic carbocycles. The van der Waals surface area contributed by atoms with Crippen LogP contribution >= 0.6 is 0 Å². The third-order valence-corrected chi connectivity index (χ3v) is 2.24. The summed E-state index contributed by atoms with van der Waals surface area (Å²) in [6.45, 7) is 0. The molecule has 15 heavy (non-hydrogen) atoms. The predicted molar refractivity (Wildman–Crippen MR) is 57.6 cm³/mol. The summed E-state index contributed by atoms with van der Waals surface area (Å²) in [7, 11) is 1.38. The van der Waals surface area contributed by atoms with E-state index in [-0.39, 0.29) is 5.97 Å². The number of methoxy groups -OCH3 is 1. The number of rotatable bonds is 2. The van der Waals surface area contributed by atoms with E-state index in [9.17, 15) is 4.79 Å². The molecule has 0 atom stereocenters. The van der Waals surface area contributed by atoms with Crippen molar-refractivity contribution in [1.29, 1.82) is 0 Å². The van der Waals surface area contributed by atoms with Crippen LogP contribution in [0.1, 0.15) is 10.4 Å². The minimum atomic E-state index is -0.324. The first kappa shape index (κ1) is 9.52. The van der Waals surface area contributed by atoms with Gasteiger partial charge in [0.05, 0.1) is 12.7 Å². The fourth-order valence-electron chi connectivity index (χ4n) is 1.50. The van der Waals surface area contributed by atoms with E-state index in [4.69, 9.17) is 4.74 Å². The Balaban J connectivity index is 2.46. The summed E-state index contributed by atoms with van der Waals surface area (Å²) >= 11 is 0. The van der Waals surface area contributed by atoms with Gasteiger partial charge in [-0.1, -0.05) is 30.3 Å². The highest BCUT2D eigenvalue weighted by atomic mass is 16.5. The maximum atomic E-state index is 11.4. The molecule has 1 aromatic carbocycles. The second-order valence-electron chi connectivity index (χ2n) is 3.14. The summed E-state index contributed by atoms with van der Waals surface area (Å²) in [6.07, 6.45) is 3.44. The van der Waals surface area contributed by atoms with E-state index in [0.29, 0.717) is 5.56 Å². The molecule has 0 saturated carbocycles. The molecule has 2 aromatic rings. The van der Waals surface area contributed by atoms with Crippen LogP contribution in [0.2, 0.25) is 0 Å². The number of ether oxygens (including phenoxy) is 1. The number of benzene rings is 1. The predicted octanol–water partition coefficient (Wildman–Crippen LogP) is 2.47. The van der Waals surface area contributed by atoms with Crippen LogP contribution in [0.15, 0.2) is 42.7 Å². The van der Waals surface area contributed by atoms with Crippen LogP contribution in [0.25, 0.3) is 11.1 Å². The lowest BCUT2D eigenvalue weighted by Gasteiger charge is -2.01. The van der Waals surface area contributed by atoms with Gasteiger partial charge >= 0.3 is 5.97 Å². The Hall–Kier alpha value is -2.03. The molecule has 3 nitrogen and oxygen atoms in total. The molecule has 2 rings (SSSR count). The van der Waals surface area contributed by atoms with Crippen LogP contribution in [0.3, 0.4) is 0 Å². The van der Waals surface area contributed by atoms with E-state index in [0.717, 1.165) is 11.1 Å². The van der Waals surface area contributed by atoms with Gasteiger partial charge in [-0.2, -0.15) is 0 Å². The topological polar surface area (TPSA) is 42.1 Å². The molecule has 0 aliphatic heterocycles. The van der Waals surface area contributed by atoms with Crippen molar-refractivity contribution in [3.63, 3.8) is 0 Å². The van der Waals surface area contributed by atoms with Crippen LogP contribution in [-0.4, -0.2) is 18.1 Å². The van der Waals surface area contributed by atoms with Crippen molar-refractivity contribution in [2.45, 2.75) is 0 Å². The Morgan fingerprint density at radius 2 is 1.93 bits per heavy atom. The fraction of sp³-hybridized carbons (Fsp3) is 0.0833. The number of H-pyrrole nitrogens is 1. The van der Waals surface area contributed by atoms with Gasteiger partial charge in [0.25, 0.3) is 0 Å². The second-order valence-corrected chi connectivity index (χ2v) is 3.14. The van der Waals surface area contributed by atoms with Crippen molar-refractivity contribution >= 4 is 5.97 Å². The van der Waals surface area contributed by atoms with Crippen molar-refractivity contribution in [3.8, 4) is 11.1 Å². The zero-order valence-electron chi connectivity index (χ0n) is 8.36. The van der Waals surface area contributed by atoms with Crippen LogP contribution in [-0.2, 0) is 4.74 Å². The smallest absolute Gasteiger partial charge is 0.340 e. The van der Waals surface area contributed by atoms with Gasteiger partial charge in [0.1, 0.15) is 0 Å². The van der Waals surface area contributed by atoms with Gasteiger partial charge in [-0.3, -0.25) is 0 Å². The van der Waals surface area contributed by atoms with Gasteiger partial charge in [-0.25, -0.2) is 4.79 Å². The first-order chi connectivity index (χ1) is 7.33. The Morgan fingerprint density at radius 3 is 2.60 bits per heavy atom. The highest BCUT2D eigenvalue weighted by Gasteiger charge is 2.13. The number of aromatic amines is 1. The summed E-state index contributed by atoms with van der Waals surface area (Å²) in [5, 5.41) is 0. The zero-order valence-corrected chi connectivity index (χ0v) is 8.36. The van der Waals surface area contributed by atoms with E-state index in [1.165, 1.54) is 7.11 Å². The van der Waals surface area contributed by atoms with Gasteiger partial charge < -0.3 is 9.72 Å². The number of nitrogens with one attached hydrogen (secondary N) is 1. The largest absolute Gasteiger partial charge is 0.465 e. The third kappa shape index (κ3) is 1.76. The van der Waals surface area contributed by atoms with Crippen LogP contribution in [0, 0.1) is 0 Å². The molecule has 1 aromatic heterocycles. The zero-order chi connectivity index (χ0) is 10.7. The highest BCUT2D eigenvalue weighted by Crippen LogP contribution is 2.23. The van der Waals surface area contributed by atoms with Crippen molar-refractivity contribution in [2.75, 3.05) is 7.11 Å². The number of carbonyl (C=O) groups excluding carboxylic acids is 1. The van der Waals surface area contributed by atoms with Crippen molar-refractivity contribution in [1.82, 2.24) is 4.98 Å². The SMILES string of the molecule is COC(=O)c1c[nH]cc1-c1ccccc1. The normalized spacial score (nSPS) is 9.93. The summed E-state index contributed by atoms with van der Waals surface area (Å²) in [4.78, 5) is 14.3. The minimum Gasteiger partial charge on any atom is -0.465 e. The number of hydrogen-bond donors (Lipinski definition) is 1. The Morgan fingerprint density at radius 1 is 1.20 bits per heavy atom. The summed E-state index contributed by atoms with van der Waals surface area (Å²) in [5.41, 5.74) is 2.42. The van der Waals surface area contributed by atoms with Crippen LogP contribution in [0.4, 0.5) is 0 Å². The van der Waals surface area contributed by atoms with E-state index in [2.05, 4.69) is 4.98 Å². The lowest BCUT2D eigenvalue weighted by Crippen LogP contribution is -2.00. The molecular weight excluding hydrogens is 190 g/mol. The average molecular weight is 201 g/mol. The Labute approximate surface area is 87.7 Å². The first-order valence-corrected chi connectivity index (χ1v) is 4.63.